The van der Waals surface area contributed by atoms with Crippen molar-refractivity contribution in [2.24, 2.45) is 10.9 Å². The molecule has 0 amide bonds. The van der Waals surface area contributed by atoms with E-state index in [0.29, 0.717) is 5.92 Å². The summed E-state index contributed by atoms with van der Waals surface area (Å²) in [5, 5.41) is 3.58. The molecule has 1 unspecified atom stereocenters. The molecule has 8 heteroatoms. The van der Waals surface area contributed by atoms with Crippen LogP contribution < -0.4 is 5.32 Å². The molecule has 2 aliphatic rings. The van der Waals surface area contributed by atoms with Crippen molar-refractivity contribution in [3.05, 3.63) is 21.3 Å². The first-order valence-corrected chi connectivity index (χ1v) is 11.1. The largest absolute Gasteiger partial charge is 0.379 e. The van der Waals surface area contributed by atoms with Crippen LogP contribution >= 0.6 is 22.9 Å². The summed E-state index contributed by atoms with van der Waals surface area (Å²) in [5.41, 5.74) is 0. The maximum absolute atomic E-state index is 6.04. The van der Waals surface area contributed by atoms with Gasteiger partial charge in [-0.1, -0.05) is 18.5 Å². The predicted octanol–water partition coefficient (Wildman–Crippen LogP) is 2.06. The summed E-state index contributed by atoms with van der Waals surface area (Å²) in [7, 11) is 1.88. The van der Waals surface area contributed by atoms with Crippen molar-refractivity contribution in [1.82, 2.24) is 20.0 Å². The molecule has 27 heavy (non-hydrogen) atoms. The maximum Gasteiger partial charge on any atom is 0.193 e. The van der Waals surface area contributed by atoms with E-state index in [0.717, 1.165) is 82.4 Å². The number of nitrogens with one attached hydrogen (secondary N) is 1. The molecule has 0 aromatic carbocycles. The number of hydrogen-bond acceptors (Lipinski definition) is 5. The van der Waals surface area contributed by atoms with Crippen molar-refractivity contribution in [3.63, 3.8) is 0 Å². The molecule has 0 bridgehead atoms. The Morgan fingerprint density at radius 3 is 2.56 bits per heavy atom. The number of halogens is 1. The van der Waals surface area contributed by atoms with Crippen LogP contribution in [0.2, 0.25) is 4.34 Å². The van der Waals surface area contributed by atoms with Crippen molar-refractivity contribution < 1.29 is 4.74 Å². The fourth-order valence-corrected chi connectivity index (χ4v) is 4.79. The van der Waals surface area contributed by atoms with Gasteiger partial charge in [0.15, 0.2) is 5.96 Å². The van der Waals surface area contributed by atoms with Gasteiger partial charge in [0.05, 0.1) is 17.6 Å². The zero-order valence-corrected chi connectivity index (χ0v) is 18.1. The number of piperazine rings is 1. The molecular formula is C19H32ClN5OS. The van der Waals surface area contributed by atoms with Crippen LogP contribution in [-0.4, -0.2) is 93.3 Å². The Labute approximate surface area is 172 Å². The minimum atomic E-state index is 0.588. The average molecular weight is 414 g/mol. The van der Waals surface area contributed by atoms with Crippen LogP contribution in [0.15, 0.2) is 17.1 Å². The Morgan fingerprint density at radius 2 is 1.93 bits per heavy atom. The number of ether oxygens (including phenoxy) is 1. The molecule has 2 saturated heterocycles. The Kier molecular flexibility index (Phi) is 8.21. The highest BCUT2D eigenvalue weighted by atomic mass is 35.5. The molecule has 3 rings (SSSR count). The zero-order valence-electron chi connectivity index (χ0n) is 16.5. The molecule has 1 aromatic heterocycles. The molecule has 6 nitrogen and oxygen atoms in total. The summed E-state index contributed by atoms with van der Waals surface area (Å²) >= 11 is 7.72. The fourth-order valence-electron chi connectivity index (χ4n) is 3.66. The van der Waals surface area contributed by atoms with E-state index in [1.54, 1.807) is 11.3 Å². The Balaban J connectivity index is 1.38. The number of rotatable bonds is 6. The number of hydrogen-bond donors (Lipinski definition) is 1. The van der Waals surface area contributed by atoms with Crippen LogP contribution in [0.5, 0.6) is 0 Å². The topological polar surface area (TPSA) is 43.3 Å². The Hall–Kier alpha value is -0.860. The van der Waals surface area contributed by atoms with Gasteiger partial charge in [-0.15, -0.1) is 11.3 Å². The lowest BCUT2D eigenvalue weighted by molar-refractivity contribution is 0.0320. The van der Waals surface area contributed by atoms with Crippen LogP contribution in [0.25, 0.3) is 0 Å². The molecule has 0 radical (unpaired) electrons. The van der Waals surface area contributed by atoms with Crippen LogP contribution in [0.4, 0.5) is 0 Å². The smallest absolute Gasteiger partial charge is 0.193 e. The number of nitrogens with zero attached hydrogens (tertiary/aromatic N) is 4. The van der Waals surface area contributed by atoms with Crippen molar-refractivity contribution in [3.8, 4) is 0 Å². The van der Waals surface area contributed by atoms with Gasteiger partial charge in [0, 0.05) is 70.8 Å². The molecule has 0 saturated carbocycles. The third-order valence-corrected chi connectivity index (χ3v) is 6.39. The van der Waals surface area contributed by atoms with E-state index >= 15 is 0 Å². The first-order chi connectivity index (χ1) is 13.1. The minimum absolute atomic E-state index is 0.588. The summed E-state index contributed by atoms with van der Waals surface area (Å²) < 4.78 is 6.31. The second-order valence-corrected chi connectivity index (χ2v) is 9.21. The van der Waals surface area contributed by atoms with Gasteiger partial charge >= 0.3 is 0 Å². The van der Waals surface area contributed by atoms with E-state index in [-0.39, 0.29) is 0 Å². The quantitative estimate of drug-likeness (QED) is 0.571. The summed E-state index contributed by atoms with van der Waals surface area (Å²) in [6, 6.07) is 4.12. The van der Waals surface area contributed by atoms with Gasteiger partial charge in [0.2, 0.25) is 0 Å². The zero-order chi connectivity index (χ0) is 19.1. The van der Waals surface area contributed by atoms with Crippen molar-refractivity contribution in [1.29, 1.82) is 0 Å². The molecule has 1 atom stereocenters. The number of guanidine groups is 1. The van der Waals surface area contributed by atoms with Gasteiger partial charge in [0.1, 0.15) is 0 Å². The minimum Gasteiger partial charge on any atom is -0.379 e. The Bertz CT molecular complexity index is 597. The fraction of sp³-hybridized carbons (Fsp3) is 0.737. The highest BCUT2D eigenvalue weighted by molar-refractivity contribution is 7.16. The van der Waals surface area contributed by atoms with E-state index in [1.165, 1.54) is 4.88 Å². The second-order valence-electron chi connectivity index (χ2n) is 7.42. The second kappa shape index (κ2) is 10.6. The monoisotopic (exact) mass is 413 g/mol. The number of morpholine rings is 1. The third-order valence-electron chi connectivity index (χ3n) is 5.17. The predicted molar refractivity (Wildman–Crippen MR) is 114 cm³/mol. The van der Waals surface area contributed by atoms with Gasteiger partial charge in [-0.25, -0.2) is 0 Å². The molecule has 2 fully saturated rings. The molecular weight excluding hydrogens is 382 g/mol. The standard InChI is InChI=1S/C19H32ClN5OS/c1-16(14-24-9-11-26-12-10-24)13-22-19(21-2)25-7-5-23(6-8-25)15-17-3-4-18(20)27-17/h3-4,16H,5-15H2,1-2H3,(H,21,22). The molecule has 2 aliphatic heterocycles. The molecule has 1 N–H and O–H groups in total. The van der Waals surface area contributed by atoms with Gasteiger partial charge in [-0.2, -0.15) is 0 Å². The first kappa shape index (κ1) is 20.9. The lowest BCUT2D eigenvalue weighted by Crippen LogP contribution is -2.53. The van der Waals surface area contributed by atoms with Gasteiger partial charge < -0.3 is 15.0 Å². The van der Waals surface area contributed by atoms with E-state index in [2.05, 4.69) is 38.0 Å². The van der Waals surface area contributed by atoms with Crippen LogP contribution in [0.1, 0.15) is 11.8 Å². The van der Waals surface area contributed by atoms with Crippen LogP contribution in [0.3, 0.4) is 0 Å². The van der Waals surface area contributed by atoms with Crippen molar-refractivity contribution in [2.75, 3.05) is 72.6 Å². The summed E-state index contributed by atoms with van der Waals surface area (Å²) in [6.45, 7) is 13.3. The summed E-state index contributed by atoms with van der Waals surface area (Å²) in [6.07, 6.45) is 0. The van der Waals surface area contributed by atoms with E-state index in [4.69, 9.17) is 16.3 Å². The average Bonchev–Trinajstić information content (AvgIpc) is 3.09. The number of thiophene rings is 1. The van der Waals surface area contributed by atoms with E-state index < -0.39 is 0 Å². The van der Waals surface area contributed by atoms with Crippen molar-refractivity contribution >= 4 is 28.9 Å². The van der Waals surface area contributed by atoms with E-state index in [1.807, 2.05) is 13.1 Å². The van der Waals surface area contributed by atoms with Crippen LogP contribution in [-0.2, 0) is 11.3 Å². The molecule has 0 aliphatic carbocycles. The molecule has 152 valence electrons. The van der Waals surface area contributed by atoms with Crippen LogP contribution in [0, 0.1) is 5.92 Å². The van der Waals surface area contributed by atoms with Gasteiger partial charge in [0.25, 0.3) is 0 Å². The third kappa shape index (κ3) is 6.61. The molecule has 1 aromatic rings. The Morgan fingerprint density at radius 1 is 1.19 bits per heavy atom. The van der Waals surface area contributed by atoms with E-state index in [9.17, 15) is 0 Å². The highest BCUT2D eigenvalue weighted by Crippen LogP contribution is 2.23. The summed E-state index contributed by atoms with van der Waals surface area (Å²) in [5.74, 6) is 1.62. The highest BCUT2D eigenvalue weighted by Gasteiger charge is 2.21. The molecule has 3 heterocycles. The maximum atomic E-state index is 6.04. The van der Waals surface area contributed by atoms with Gasteiger partial charge in [-0.05, 0) is 18.1 Å². The lowest BCUT2D eigenvalue weighted by atomic mass is 10.1. The first-order valence-electron chi connectivity index (χ1n) is 9.86. The molecule has 0 spiro atoms. The normalized spacial score (nSPS) is 21.4. The number of aliphatic imine (C=N–C) groups is 1. The van der Waals surface area contributed by atoms with Crippen molar-refractivity contribution in [2.45, 2.75) is 13.5 Å². The van der Waals surface area contributed by atoms with Gasteiger partial charge in [-0.3, -0.25) is 14.8 Å². The SMILES string of the molecule is CN=C(NCC(C)CN1CCOCC1)N1CCN(Cc2ccc(Cl)s2)CC1. The summed E-state index contributed by atoms with van der Waals surface area (Å²) in [4.78, 5) is 13.2. The lowest BCUT2D eigenvalue weighted by Gasteiger charge is -2.36.